The number of terminal acetylenes is 1. The van der Waals surface area contributed by atoms with Crippen LogP contribution < -0.4 is 10.1 Å². The van der Waals surface area contributed by atoms with Crippen LogP contribution in [0, 0.1) is 12.3 Å². The zero-order chi connectivity index (χ0) is 12.0. The minimum atomic E-state index is -0.231. The molecule has 3 nitrogen and oxygen atoms in total. The van der Waals surface area contributed by atoms with E-state index in [1.807, 2.05) is 24.3 Å². The van der Waals surface area contributed by atoms with Crippen LogP contribution in [0.4, 0.5) is 0 Å². The summed E-state index contributed by atoms with van der Waals surface area (Å²) in [4.78, 5) is 11.5. The van der Waals surface area contributed by atoms with E-state index >= 15 is 0 Å². The zero-order valence-electron chi connectivity index (χ0n) is 9.49. The Morgan fingerprint density at radius 3 is 2.62 bits per heavy atom. The lowest BCUT2D eigenvalue weighted by molar-refractivity contribution is -0.120. The standard InChI is InChI=1S/C13H15NO2/c1-4-10(2)14-13(15)9-11-5-7-12(16-3)8-6-11/h1,5-8,10H,9H2,2-3H3,(H,14,15). The van der Waals surface area contributed by atoms with Gasteiger partial charge in [0.2, 0.25) is 5.91 Å². The zero-order valence-corrected chi connectivity index (χ0v) is 9.49. The van der Waals surface area contributed by atoms with Crippen LogP contribution in [-0.4, -0.2) is 19.1 Å². The summed E-state index contributed by atoms with van der Waals surface area (Å²) in [6, 6.07) is 7.14. The van der Waals surface area contributed by atoms with Crippen molar-refractivity contribution in [2.75, 3.05) is 7.11 Å². The Morgan fingerprint density at radius 1 is 1.50 bits per heavy atom. The first-order valence-electron chi connectivity index (χ1n) is 5.04. The van der Waals surface area contributed by atoms with E-state index in [1.165, 1.54) is 0 Å². The highest BCUT2D eigenvalue weighted by atomic mass is 16.5. The maximum absolute atomic E-state index is 11.5. The van der Waals surface area contributed by atoms with Crippen LogP contribution in [0.1, 0.15) is 12.5 Å². The Kier molecular flexibility index (Phi) is 4.41. The molecule has 0 aliphatic heterocycles. The van der Waals surface area contributed by atoms with E-state index in [-0.39, 0.29) is 11.9 Å². The molecule has 1 aromatic rings. The Labute approximate surface area is 95.8 Å². The average Bonchev–Trinajstić information content (AvgIpc) is 2.29. The third kappa shape index (κ3) is 3.66. The number of hydrogen-bond donors (Lipinski definition) is 1. The number of benzene rings is 1. The summed E-state index contributed by atoms with van der Waals surface area (Å²) < 4.78 is 5.03. The van der Waals surface area contributed by atoms with E-state index in [0.29, 0.717) is 6.42 Å². The second-order valence-electron chi connectivity index (χ2n) is 3.48. The molecule has 0 fully saturated rings. The van der Waals surface area contributed by atoms with Gasteiger partial charge in [-0.1, -0.05) is 18.1 Å². The van der Waals surface area contributed by atoms with Crippen molar-refractivity contribution in [3.63, 3.8) is 0 Å². The predicted octanol–water partition coefficient (Wildman–Crippen LogP) is 1.38. The molecule has 1 amide bonds. The summed E-state index contributed by atoms with van der Waals surface area (Å²) in [6.45, 7) is 1.77. The summed E-state index contributed by atoms with van der Waals surface area (Å²) in [5.41, 5.74) is 0.933. The van der Waals surface area contributed by atoms with Crippen molar-refractivity contribution in [1.82, 2.24) is 5.32 Å². The largest absolute Gasteiger partial charge is 0.497 e. The molecule has 0 heterocycles. The minimum absolute atomic E-state index is 0.0735. The number of ether oxygens (including phenoxy) is 1. The molecule has 3 heteroatoms. The van der Waals surface area contributed by atoms with E-state index in [0.717, 1.165) is 11.3 Å². The van der Waals surface area contributed by atoms with Gasteiger partial charge in [0.05, 0.1) is 19.6 Å². The number of nitrogens with one attached hydrogen (secondary N) is 1. The third-order valence-corrected chi connectivity index (χ3v) is 2.15. The smallest absolute Gasteiger partial charge is 0.225 e. The van der Waals surface area contributed by atoms with E-state index in [4.69, 9.17) is 11.2 Å². The van der Waals surface area contributed by atoms with E-state index in [1.54, 1.807) is 14.0 Å². The van der Waals surface area contributed by atoms with E-state index in [9.17, 15) is 4.79 Å². The summed E-state index contributed by atoms with van der Waals surface area (Å²) in [7, 11) is 1.61. The quantitative estimate of drug-likeness (QED) is 0.774. The van der Waals surface area contributed by atoms with Gasteiger partial charge in [-0.15, -0.1) is 6.42 Å². The molecule has 1 aromatic carbocycles. The molecule has 84 valence electrons. The summed E-state index contributed by atoms with van der Waals surface area (Å²) in [6.07, 6.45) is 5.50. The van der Waals surface area contributed by atoms with Gasteiger partial charge in [0.25, 0.3) is 0 Å². The molecule has 1 atom stereocenters. The number of carbonyl (C=O) groups excluding carboxylic acids is 1. The van der Waals surface area contributed by atoms with Crippen LogP contribution in [0.2, 0.25) is 0 Å². The molecule has 16 heavy (non-hydrogen) atoms. The molecular weight excluding hydrogens is 202 g/mol. The molecule has 1 unspecified atom stereocenters. The lowest BCUT2D eigenvalue weighted by Crippen LogP contribution is -2.32. The van der Waals surface area contributed by atoms with Gasteiger partial charge in [0.15, 0.2) is 0 Å². The van der Waals surface area contributed by atoms with Crippen LogP contribution in [-0.2, 0) is 11.2 Å². The normalized spacial score (nSPS) is 11.3. The van der Waals surface area contributed by atoms with Crippen LogP contribution in [0.15, 0.2) is 24.3 Å². The van der Waals surface area contributed by atoms with Crippen molar-refractivity contribution < 1.29 is 9.53 Å². The van der Waals surface area contributed by atoms with Crippen molar-refractivity contribution in [3.8, 4) is 18.1 Å². The fraction of sp³-hybridized carbons (Fsp3) is 0.308. The Balaban J connectivity index is 2.53. The van der Waals surface area contributed by atoms with Gasteiger partial charge in [-0.05, 0) is 24.6 Å². The average molecular weight is 217 g/mol. The SMILES string of the molecule is C#CC(C)NC(=O)Cc1ccc(OC)cc1. The van der Waals surface area contributed by atoms with Gasteiger partial charge in [0, 0.05) is 0 Å². The molecule has 0 spiro atoms. The van der Waals surface area contributed by atoms with Crippen molar-refractivity contribution >= 4 is 5.91 Å². The van der Waals surface area contributed by atoms with Crippen LogP contribution >= 0.6 is 0 Å². The predicted molar refractivity (Wildman–Crippen MR) is 63.1 cm³/mol. The minimum Gasteiger partial charge on any atom is -0.497 e. The van der Waals surface area contributed by atoms with Crippen molar-refractivity contribution in [1.29, 1.82) is 0 Å². The molecule has 0 aliphatic rings. The molecule has 0 bridgehead atoms. The van der Waals surface area contributed by atoms with Crippen molar-refractivity contribution in [2.24, 2.45) is 0 Å². The Morgan fingerprint density at radius 2 is 2.12 bits per heavy atom. The first kappa shape index (κ1) is 12.1. The first-order chi connectivity index (χ1) is 7.65. The van der Waals surface area contributed by atoms with Crippen LogP contribution in [0.5, 0.6) is 5.75 Å². The van der Waals surface area contributed by atoms with Gasteiger partial charge in [-0.25, -0.2) is 0 Å². The van der Waals surface area contributed by atoms with Crippen LogP contribution in [0.3, 0.4) is 0 Å². The van der Waals surface area contributed by atoms with Gasteiger partial charge in [-0.3, -0.25) is 4.79 Å². The van der Waals surface area contributed by atoms with Gasteiger partial charge < -0.3 is 10.1 Å². The molecule has 0 saturated carbocycles. The van der Waals surface area contributed by atoms with Gasteiger partial charge >= 0.3 is 0 Å². The number of carbonyl (C=O) groups is 1. The molecule has 1 rings (SSSR count). The first-order valence-corrected chi connectivity index (χ1v) is 5.04. The van der Waals surface area contributed by atoms with Gasteiger partial charge in [0.1, 0.15) is 5.75 Å². The lowest BCUT2D eigenvalue weighted by atomic mass is 10.1. The number of methoxy groups -OCH3 is 1. The van der Waals surface area contributed by atoms with Crippen molar-refractivity contribution in [2.45, 2.75) is 19.4 Å². The fourth-order valence-electron chi connectivity index (χ4n) is 1.26. The molecular formula is C13H15NO2. The highest BCUT2D eigenvalue weighted by Gasteiger charge is 2.05. The number of hydrogen-bond acceptors (Lipinski definition) is 2. The highest BCUT2D eigenvalue weighted by molar-refractivity contribution is 5.79. The summed E-state index contributed by atoms with van der Waals surface area (Å²) >= 11 is 0. The molecule has 1 N–H and O–H groups in total. The molecule has 0 saturated heterocycles. The number of amides is 1. The maximum atomic E-state index is 11.5. The number of rotatable bonds is 4. The summed E-state index contributed by atoms with van der Waals surface area (Å²) in [5, 5.41) is 2.70. The van der Waals surface area contributed by atoms with E-state index in [2.05, 4.69) is 11.2 Å². The maximum Gasteiger partial charge on any atom is 0.225 e. The van der Waals surface area contributed by atoms with Crippen molar-refractivity contribution in [3.05, 3.63) is 29.8 Å². The monoisotopic (exact) mass is 217 g/mol. The highest BCUT2D eigenvalue weighted by Crippen LogP contribution is 2.11. The lowest BCUT2D eigenvalue weighted by Gasteiger charge is -2.07. The van der Waals surface area contributed by atoms with E-state index < -0.39 is 0 Å². The Bertz CT molecular complexity index is 389. The second-order valence-corrected chi connectivity index (χ2v) is 3.48. The third-order valence-electron chi connectivity index (χ3n) is 2.15. The topological polar surface area (TPSA) is 38.3 Å². The molecule has 0 aromatic heterocycles. The molecule has 0 radical (unpaired) electrons. The van der Waals surface area contributed by atoms with Crippen LogP contribution in [0.25, 0.3) is 0 Å². The summed E-state index contributed by atoms with van der Waals surface area (Å²) in [5.74, 6) is 3.15. The second kappa shape index (κ2) is 5.82. The fourth-order valence-corrected chi connectivity index (χ4v) is 1.26. The van der Waals surface area contributed by atoms with Gasteiger partial charge in [-0.2, -0.15) is 0 Å². The Hall–Kier alpha value is -1.95. The molecule has 0 aliphatic carbocycles.